The lowest BCUT2D eigenvalue weighted by Gasteiger charge is -2.17. The van der Waals surface area contributed by atoms with Crippen LogP contribution in [-0.4, -0.2) is 35.5 Å². The van der Waals surface area contributed by atoms with E-state index in [2.05, 4.69) is 0 Å². The number of benzene rings is 1. The molecule has 4 heteroatoms. The fraction of sp³-hybridized carbons (Fsp3) is 0.385. The van der Waals surface area contributed by atoms with E-state index >= 15 is 0 Å². The van der Waals surface area contributed by atoms with Gasteiger partial charge in [-0.2, -0.15) is 0 Å². The molecule has 0 aliphatic rings. The quantitative estimate of drug-likeness (QED) is 0.851. The summed E-state index contributed by atoms with van der Waals surface area (Å²) in [5, 5.41) is 9.00. The molecule has 17 heavy (non-hydrogen) atoms. The Bertz CT molecular complexity index is 415. The third-order valence-electron chi connectivity index (χ3n) is 2.58. The average molecular weight is 235 g/mol. The molecule has 0 aromatic heterocycles. The van der Waals surface area contributed by atoms with E-state index in [1.807, 2.05) is 6.92 Å². The highest BCUT2D eigenvalue weighted by atomic mass is 16.4. The highest BCUT2D eigenvalue weighted by Crippen LogP contribution is 2.11. The van der Waals surface area contributed by atoms with Gasteiger partial charge >= 0.3 is 5.97 Å². The highest BCUT2D eigenvalue weighted by Gasteiger charge is 2.18. The largest absolute Gasteiger partial charge is 0.478 e. The molecule has 1 amide bonds. The van der Waals surface area contributed by atoms with Crippen LogP contribution in [0.15, 0.2) is 24.3 Å². The van der Waals surface area contributed by atoms with Gasteiger partial charge in [0, 0.05) is 13.6 Å². The first-order chi connectivity index (χ1) is 8.07. The predicted octanol–water partition coefficient (Wildman–Crippen LogP) is 2.26. The van der Waals surface area contributed by atoms with Gasteiger partial charge in [-0.1, -0.05) is 25.5 Å². The Morgan fingerprint density at radius 1 is 1.24 bits per heavy atom. The van der Waals surface area contributed by atoms with Crippen molar-refractivity contribution < 1.29 is 14.7 Å². The van der Waals surface area contributed by atoms with Crippen molar-refractivity contribution in [3.8, 4) is 0 Å². The lowest BCUT2D eigenvalue weighted by molar-refractivity contribution is 0.0681. The Morgan fingerprint density at radius 3 is 2.35 bits per heavy atom. The van der Waals surface area contributed by atoms with Crippen molar-refractivity contribution >= 4 is 11.9 Å². The molecule has 1 aromatic carbocycles. The number of carbonyl (C=O) groups is 2. The molecule has 0 heterocycles. The van der Waals surface area contributed by atoms with Gasteiger partial charge in [-0.3, -0.25) is 4.79 Å². The fourth-order valence-electron chi connectivity index (χ4n) is 1.56. The minimum atomic E-state index is -1.07. The molecule has 0 radical (unpaired) electrons. The second-order valence-electron chi connectivity index (χ2n) is 3.93. The zero-order valence-corrected chi connectivity index (χ0v) is 10.1. The molecule has 0 fully saturated rings. The topological polar surface area (TPSA) is 57.6 Å². The SMILES string of the molecule is CCCCN(C)C(=O)c1ccccc1C(=O)O. The van der Waals surface area contributed by atoms with Gasteiger partial charge in [0.25, 0.3) is 5.91 Å². The molecule has 0 saturated heterocycles. The van der Waals surface area contributed by atoms with Crippen LogP contribution in [0.5, 0.6) is 0 Å². The third kappa shape index (κ3) is 3.31. The maximum atomic E-state index is 12.0. The van der Waals surface area contributed by atoms with Gasteiger partial charge < -0.3 is 10.0 Å². The van der Waals surface area contributed by atoms with Gasteiger partial charge in [0.05, 0.1) is 11.1 Å². The summed E-state index contributed by atoms with van der Waals surface area (Å²) in [5.41, 5.74) is 0.305. The van der Waals surface area contributed by atoms with E-state index in [1.165, 1.54) is 6.07 Å². The summed E-state index contributed by atoms with van der Waals surface area (Å²) in [5.74, 6) is -1.31. The first-order valence-corrected chi connectivity index (χ1v) is 5.65. The smallest absolute Gasteiger partial charge is 0.336 e. The molecule has 92 valence electrons. The number of carbonyl (C=O) groups excluding carboxylic acids is 1. The number of nitrogens with zero attached hydrogens (tertiary/aromatic N) is 1. The second kappa shape index (κ2) is 6.03. The van der Waals surface area contributed by atoms with Crippen LogP contribution >= 0.6 is 0 Å². The van der Waals surface area contributed by atoms with Crippen molar-refractivity contribution in [1.29, 1.82) is 0 Å². The molecular formula is C13H17NO3. The number of carboxylic acid groups (broad SMARTS) is 1. The van der Waals surface area contributed by atoms with Crippen molar-refractivity contribution in [3.05, 3.63) is 35.4 Å². The van der Waals surface area contributed by atoms with Crippen molar-refractivity contribution in [2.24, 2.45) is 0 Å². The first-order valence-electron chi connectivity index (χ1n) is 5.65. The number of rotatable bonds is 5. The second-order valence-corrected chi connectivity index (χ2v) is 3.93. The van der Waals surface area contributed by atoms with Gasteiger partial charge in [-0.05, 0) is 18.6 Å². The summed E-state index contributed by atoms with van der Waals surface area (Å²) in [7, 11) is 1.69. The standard InChI is InChI=1S/C13H17NO3/c1-3-4-9-14(2)12(15)10-7-5-6-8-11(10)13(16)17/h5-8H,3-4,9H2,1-2H3,(H,16,17). The zero-order chi connectivity index (χ0) is 12.8. The van der Waals surface area contributed by atoms with Gasteiger partial charge in [-0.25, -0.2) is 4.79 Å². The van der Waals surface area contributed by atoms with Crippen LogP contribution in [0.1, 0.15) is 40.5 Å². The van der Waals surface area contributed by atoms with Crippen LogP contribution in [-0.2, 0) is 0 Å². The maximum Gasteiger partial charge on any atom is 0.336 e. The summed E-state index contributed by atoms with van der Waals surface area (Å²) in [4.78, 5) is 24.6. The van der Waals surface area contributed by atoms with E-state index < -0.39 is 5.97 Å². The van der Waals surface area contributed by atoms with Crippen molar-refractivity contribution in [3.63, 3.8) is 0 Å². The van der Waals surface area contributed by atoms with Crippen LogP contribution in [0.25, 0.3) is 0 Å². The number of carboxylic acids is 1. The minimum absolute atomic E-state index is 0.0563. The molecule has 1 N–H and O–H groups in total. The molecule has 0 saturated carbocycles. The number of amides is 1. The predicted molar refractivity (Wildman–Crippen MR) is 65.3 cm³/mol. The summed E-state index contributed by atoms with van der Waals surface area (Å²) < 4.78 is 0. The minimum Gasteiger partial charge on any atom is -0.478 e. The number of unbranched alkanes of at least 4 members (excludes halogenated alkanes) is 1. The molecule has 0 aliphatic carbocycles. The van der Waals surface area contributed by atoms with E-state index in [0.717, 1.165) is 12.8 Å². The molecule has 0 spiro atoms. The van der Waals surface area contributed by atoms with Gasteiger partial charge in [0.1, 0.15) is 0 Å². The Labute approximate surface area is 101 Å². The van der Waals surface area contributed by atoms with Gasteiger partial charge in [0.15, 0.2) is 0 Å². The van der Waals surface area contributed by atoms with Crippen molar-refractivity contribution in [1.82, 2.24) is 4.90 Å². The lowest BCUT2D eigenvalue weighted by Crippen LogP contribution is -2.29. The van der Waals surface area contributed by atoms with Gasteiger partial charge in [-0.15, -0.1) is 0 Å². The Balaban J connectivity index is 2.92. The fourth-order valence-corrected chi connectivity index (χ4v) is 1.56. The normalized spacial score (nSPS) is 10.0. The molecule has 1 aromatic rings. The highest BCUT2D eigenvalue weighted by molar-refractivity contribution is 6.04. The number of aromatic carboxylic acids is 1. The molecular weight excluding hydrogens is 218 g/mol. The maximum absolute atomic E-state index is 12.0. The van der Waals surface area contributed by atoms with Crippen LogP contribution in [0.3, 0.4) is 0 Å². The van der Waals surface area contributed by atoms with Crippen LogP contribution in [0.2, 0.25) is 0 Å². The van der Waals surface area contributed by atoms with E-state index in [4.69, 9.17) is 5.11 Å². The van der Waals surface area contributed by atoms with E-state index in [9.17, 15) is 9.59 Å². The van der Waals surface area contributed by atoms with Crippen LogP contribution < -0.4 is 0 Å². The first kappa shape index (κ1) is 13.2. The van der Waals surface area contributed by atoms with Crippen molar-refractivity contribution in [2.75, 3.05) is 13.6 Å². The van der Waals surface area contributed by atoms with Crippen LogP contribution in [0, 0.1) is 0 Å². The van der Waals surface area contributed by atoms with E-state index in [1.54, 1.807) is 30.1 Å². The summed E-state index contributed by atoms with van der Waals surface area (Å²) in [6.07, 6.45) is 1.91. The monoisotopic (exact) mass is 235 g/mol. The van der Waals surface area contributed by atoms with E-state index in [-0.39, 0.29) is 17.0 Å². The molecule has 0 atom stereocenters. The number of hydrogen-bond acceptors (Lipinski definition) is 2. The lowest BCUT2D eigenvalue weighted by atomic mass is 10.1. The van der Waals surface area contributed by atoms with Crippen LogP contribution in [0.4, 0.5) is 0 Å². The number of hydrogen-bond donors (Lipinski definition) is 1. The Hall–Kier alpha value is -1.84. The summed E-state index contributed by atoms with van der Waals surface area (Å²) >= 11 is 0. The summed E-state index contributed by atoms with van der Waals surface area (Å²) in [6, 6.07) is 6.29. The molecule has 0 aliphatic heterocycles. The van der Waals surface area contributed by atoms with Crippen molar-refractivity contribution in [2.45, 2.75) is 19.8 Å². The Kier molecular flexibility index (Phi) is 4.69. The molecule has 0 bridgehead atoms. The van der Waals surface area contributed by atoms with Gasteiger partial charge in [0.2, 0.25) is 0 Å². The third-order valence-corrected chi connectivity index (χ3v) is 2.58. The molecule has 0 unspecified atom stereocenters. The Morgan fingerprint density at radius 2 is 1.82 bits per heavy atom. The zero-order valence-electron chi connectivity index (χ0n) is 10.1. The molecule has 1 rings (SSSR count). The average Bonchev–Trinajstić information content (AvgIpc) is 2.34. The molecule has 4 nitrogen and oxygen atoms in total. The summed E-state index contributed by atoms with van der Waals surface area (Å²) in [6.45, 7) is 2.69. The van der Waals surface area contributed by atoms with E-state index in [0.29, 0.717) is 6.54 Å².